The van der Waals surface area contributed by atoms with E-state index in [-0.39, 0.29) is 11.4 Å². The standard InChI is InChI=1S/C12H26N2O/c1-7-11(3,4)14(6)10(15)12(5,8-2)9-13/h7-9,13H2,1-6H3. The summed E-state index contributed by atoms with van der Waals surface area (Å²) in [6, 6.07) is 0. The van der Waals surface area contributed by atoms with Crippen molar-refractivity contribution in [2.45, 2.75) is 53.0 Å². The quantitative estimate of drug-likeness (QED) is 0.761. The Kier molecular flexibility index (Phi) is 4.78. The number of amides is 1. The van der Waals surface area contributed by atoms with E-state index >= 15 is 0 Å². The average Bonchev–Trinajstić information content (AvgIpc) is 2.25. The minimum atomic E-state index is -0.415. The van der Waals surface area contributed by atoms with E-state index in [0.29, 0.717) is 6.54 Å². The van der Waals surface area contributed by atoms with E-state index in [9.17, 15) is 4.79 Å². The number of nitrogens with two attached hydrogens (primary N) is 1. The molecule has 3 heteroatoms. The summed E-state index contributed by atoms with van der Waals surface area (Å²) in [4.78, 5) is 14.1. The van der Waals surface area contributed by atoms with Gasteiger partial charge in [0.1, 0.15) is 0 Å². The van der Waals surface area contributed by atoms with Gasteiger partial charge in [0.05, 0.1) is 5.41 Å². The summed E-state index contributed by atoms with van der Waals surface area (Å²) in [7, 11) is 1.87. The fraction of sp³-hybridized carbons (Fsp3) is 0.917. The Labute approximate surface area is 94.0 Å². The second kappa shape index (κ2) is 4.97. The molecule has 0 rings (SSSR count). The lowest BCUT2D eigenvalue weighted by atomic mass is 9.84. The molecule has 1 amide bonds. The summed E-state index contributed by atoms with van der Waals surface area (Å²) < 4.78 is 0. The van der Waals surface area contributed by atoms with E-state index in [1.807, 2.05) is 25.8 Å². The van der Waals surface area contributed by atoms with Crippen molar-refractivity contribution in [1.29, 1.82) is 0 Å². The summed E-state index contributed by atoms with van der Waals surface area (Å²) in [5.41, 5.74) is 5.18. The van der Waals surface area contributed by atoms with Crippen molar-refractivity contribution in [1.82, 2.24) is 4.90 Å². The normalized spacial score (nSPS) is 15.9. The Hall–Kier alpha value is -0.570. The monoisotopic (exact) mass is 214 g/mol. The molecular formula is C12H26N2O. The van der Waals surface area contributed by atoms with Gasteiger partial charge in [-0.15, -0.1) is 0 Å². The van der Waals surface area contributed by atoms with Gasteiger partial charge in [-0.1, -0.05) is 13.8 Å². The molecule has 90 valence electrons. The molecule has 15 heavy (non-hydrogen) atoms. The number of carbonyl (C=O) groups excluding carboxylic acids is 1. The highest BCUT2D eigenvalue weighted by molar-refractivity contribution is 5.83. The molecule has 0 aliphatic heterocycles. The van der Waals surface area contributed by atoms with Gasteiger partial charge in [0.25, 0.3) is 0 Å². The molecule has 2 N–H and O–H groups in total. The third-order valence-electron chi connectivity index (χ3n) is 3.83. The maximum Gasteiger partial charge on any atom is 0.229 e. The Morgan fingerprint density at radius 3 is 1.93 bits per heavy atom. The highest BCUT2D eigenvalue weighted by Crippen LogP contribution is 2.27. The van der Waals surface area contributed by atoms with E-state index < -0.39 is 5.41 Å². The molecule has 0 bridgehead atoms. The van der Waals surface area contributed by atoms with Gasteiger partial charge in [-0.3, -0.25) is 4.79 Å². The molecule has 1 unspecified atom stereocenters. The number of rotatable bonds is 5. The van der Waals surface area contributed by atoms with Crippen molar-refractivity contribution in [2.75, 3.05) is 13.6 Å². The number of carbonyl (C=O) groups is 1. The fourth-order valence-electron chi connectivity index (χ4n) is 1.30. The van der Waals surface area contributed by atoms with Gasteiger partial charge in [-0.2, -0.15) is 0 Å². The van der Waals surface area contributed by atoms with Crippen molar-refractivity contribution in [2.24, 2.45) is 11.1 Å². The Morgan fingerprint density at radius 1 is 1.20 bits per heavy atom. The fourth-order valence-corrected chi connectivity index (χ4v) is 1.30. The SMILES string of the molecule is CCC(C)(CN)C(=O)N(C)C(C)(C)CC. The lowest BCUT2D eigenvalue weighted by Crippen LogP contribution is -2.52. The van der Waals surface area contributed by atoms with Crippen LogP contribution in [-0.2, 0) is 4.79 Å². The molecule has 0 aliphatic carbocycles. The highest BCUT2D eigenvalue weighted by Gasteiger charge is 2.37. The molecule has 0 saturated carbocycles. The molecule has 0 heterocycles. The van der Waals surface area contributed by atoms with Gasteiger partial charge in [0.2, 0.25) is 5.91 Å². The van der Waals surface area contributed by atoms with Gasteiger partial charge in [-0.25, -0.2) is 0 Å². The number of hydrogen-bond acceptors (Lipinski definition) is 2. The van der Waals surface area contributed by atoms with Crippen molar-refractivity contribution >= 4 is 5.91 Å². The molecule has 0 aromatic rings. The molecular weight excluding hydrogens is 188 g/mol. The van der Waals surface area contributed by atoms with Crippen LogP contribution in [0.5, 0.6) is 0 Å². The lowest BCUT2D eigenvalue weighted by Gasteiger charge is -2.40. The van der Waals surface area contributed by atoms with Gasteiger partial charge in [-0.05, 0) is 33.6 Å². The summed E-state index contributed by atoms with van der Waals surface area (Å²) in [6.07, 6.45) is 1.73. The maximum atomic E-state index is 12.3. The van der Waals surface area contributed by atoms with Crippen LogP contribution in [0.25, 0.3) is 0 Å². The number of nitrogens with zero attached hydrogens (tertiary/aromatic N) is 1. The van der Waals surface area contributed by atoms with Crippen LogP contribution in [0.3, 0.4) is 0 Å². The predicted octanol–water partition coefficient (Wildman–Crippen LogP) is 2.01. The summed E-state index contributed by atoms with van der Waals surface area (Å²) in [6.45, 7) is 10.6. The molecule has 0 radical (unpaired) electrons. The summed E-state index contributed by atoms with van der Waals surface area (Å²) >= 11 is 0. The maximum absolute atomic E-state index is 12.3. The smallest absolute Gasteiger partial charge is 0.229 e. The molecule has 0 fully saturated rings. The third kappa shape index (κ3) is 2.94. The first kappa shape index (κ1) is 14.4. The molecule has 0 aromatic heterocycles. The molecule has 0 spiro atoms. The summed E-state index contributed by atoms with van der Waals surface area (Å²) in [5, 5.41) is 0. The Bertz CT molecular complexity index is 220. The zero-order valence-corrected chi connectivity index (χ0v) is 11.1. The third-order valence-corrected chi connectivity index (χ3v) is 3.83. The topological polar surface area (TPSA) is 46.3 Å². The average molecular weight is 214 g/mol. The Balaban J connectivity index is 4.86. The van der Waals surface area contributed by atoms with E-state index in [1.165, 1.54) is 0 Å². The molecule has 0 aliphatic rings. The highest BCUT2D eigenvalue weighted by atomic mass is 16.2. The van der Waals surface area contributed by atoms with E-state index in [0.717, 1.165) is 12.8 Å². The molecule has 0 aromatic carbocycles. The molecule has 3 nitrogen and oxygen atoms in total. The van der Waals surface area contributed by atoms with E-state index in [4.69, 9.17) is 5.73 Å². The van der Waals surface area contributed by atoms with Crippen LogP contribution < -0.4 is 5.73 Å². The van der Waals surface area contributed by atoms with Gasteiger partial charge in [0, 0.05) is 19.1 Å². The van der Waals surface area contributed by atoms with Crippen molar-refractivity contribution in [3.8, 4) is 0 Å². The van der Waals surface area contributed by atoms with Crippen LogP contribution >= 0.6 is 0 Å². The van der Waals surface area contributed by atoms with Crippen LogP contribution in [0.4, 0.5) is 0 Å². The predicted molar refractivity (Wildman–Crippen MR) is 64.6 cm³/mol. The minimum absolute atomic E-state index is 0.0946. The minimum Gasteiger partial charge on any atom is -0.340 e. The van der Waals surface area contributed by atoms with Crippen LogP contribution in [0.15, 0.2) is 0 Å². The second-order valence-corrected chi connectivity index (χ2v) is 5.15. The van der Waals surface area contributed by atoms with Crippen LogP contribution in [-0.4, -0.2) is 29.9 Å². The largest absolute Gasteiger partial charge is 0.340 e. The zero-order chi connectivity index (χ0) is 12.3. The summed E-state index contributed by atoms with van der Waals surface area (Å²) in [5.74, 6) is 0.152. The zero-order valence-electron chi connectivity index (χ0n) is 11.1. The first-order valence-electron chi connectivity index (χ1n) is 5.73. The lowest BCUT2D eigenvalue weighted by molar-refractivity contribution is -0.144. The van der Waals surface area contributed by atoms with E-state index in [2.05, 4.69) is 20.8 Å². The van der Waals surface area contributed by atoms with Crippen LogP contribution in [0, 0.1) is 5.41 Å². The molecule has 1 atom stereocenters. The van der Waals surface area contributed by atoms with Gasteiger partial charge in [0.15, 0.2) is 0 Å². The first-order valence-corrected chi connectivity index (χ1v) is 5.73. The molecule has 0 saturated heterocycles. The van der Waals surface area contributed by atoms with Crippen LogP contribution in [0.2, 0.25) is 0 Å². The second-order valence-electron chi connectivity index (χ2n) is 5.15. The van der Waals surface area contributed by atoms with Gasteiger partial charge < -0.3 is 10.6 Å². The number of hydrogen-bond donors (Lipinski definition) is 1. The van der Waals surface area contributed by atoms with Crippen LogP contribution in [0.1, 0.15) is 47.5 Å². The Morgan fingerprint density at radius 2 is 1.67 bits per heavy atom. The van der Waals surface area contributed by atoms with Crippen molar-refractivity contribution in [3.05, 3.63) is 0 Å². The van der Waals surface area contributed by atoms with E-state index in [1.54, 1.807) is 0 Å². The van der Waals surface area contributed by atoms with Crippen molar-refractivity contribution in [3.63, 3.8) is 0 Å². The first-order chi connectivity index (χ1) is 6.75. The van der Waals surface area contributed by atoms with Gasteiger partial charge >= 0.3 is 0 Å². The van der Waals surface area contributed by atoms with Crippen molar-refractivity contribution < 1.29 is 4.79 Å².